The molecule has 0 saturated carbocycles. The van der Waals surface area contributed by atoms with Crippen LogP contribution in [0.1, 0.15) is 33.6 Å². The zero-order valence-corrected chi connectivity index (χ0v) is 22.6. The molecule has 0 bridgehead atoms. The van der Waals surface area contributed by atoms with Gasteiger partial charge in [0.1, 0.15) is 6.10 Å². The van der Waals surface area contributed by atoms with Crippen LogP contribution < -0.4 is 0 Å². The normalized spacial score (nSPS) is 15.8. The van der Waals surface area contributed by atoms with Gasteiger partial charge in [-0.1, -0.05) is 6.58 Å². The van der Waals surface area contributed by atoms with E-state index >= 15 is 0 Å². The number of epoxide rings is 1. The molecule has 0 radical (unpaired) electrons. The quantitative estimate of drug-likeness (QED) is 0.102. The number of carbonyl (C=O) groups is 1. The van der Waals surface area contributed by atoms with Crippen LogP contribution in [0.3, 0.4) is 0 Å². The van der Waals surface area contributed by atoms with Crippen LogP contribution in [-0.4, -0.2) is 83.1 Å². The Morgan fingerprint density at radius 1 is 1.00 bits per heavy atom. The van der Waals surface area contributed by atoms with E-state index in [0.717, 1.165) is 58.0 Å². The Bertz CT molecular complexity index is 490. The Balaban J connectivity index is 0.000000582. The summed E-state index contributed by atoms with van der Waals surface area (Å²) >= 11 is 0. The van der Waals surface area contributed by atoms with E-state index in [1.165, 1.54) is 0 Å². The standard InChI is InChI=1S/C11H24O4Si.C10H20O4Si/c1-4-14-16(3,15-5-2)8-6-7-12-9-11-10-13-11;1-9(2)10(11)14-7-6-8-15(5,12-3)13-4/h11H,4-10H2,1-3H3;1,6-8H2,2-5H3. The van der Waals surface area contributed by atoms with Crippen LogP contribution in [0.15, 0.2) is 12.2 Å². The number of ether oxygens (including phenoxy) is 3. The fourth-order valence-electron chi connectivity index (χ4n) is 2.64. The summed E-state index contributed by atoms with van der Waals surface area (Å²) in [5.74, 6) is -0.340. The van der Waals surface area contributed by atoms with Crippen molar-refractivity contribution in [2.45, 2.75) is 64.9 Å². The van der Waals surface area contributed by atoms with Crippen molar-refractivity contribution in [2.75, 3.05) is 53.9 Å². The second-order valence-electron chi connectivity index (χ2n) is 7.70. The Kier molecular flexibility index (Phi) is 16.6. The predicted molar refractivity (Wildman–Crippen MR) is 126 cm³/mol. The summed E-state index contributed by atoms with van der Waals surface area (Å²) in [5, 5.41) is 0. The van der Waals surface area contributed by atoms with Crippen molar-refractivity contribution in [2.24, 2.45) is 0 Å². The Labute approximate surface area is 191 Å². The summed E-state index contributed by atoms with van der Waals surface area (Å²) < 4.78 is 37.6. The fraction of sp³-hybridized carbons (Fsp3) is 0.857. The van der Waals surface area contributed by atoms with Gasteiger partial charge in [-0.25, -0.2) is 4.79 Å². The number of hydrogen-bond donors (Lipinski definition) is 0. The zero-order chi connectivity index (χ0) is 23.8. The van der Waals surface area contributed by atoms with Gasteiger partial charge in [0.15, 0.2) is 0 Å². The maximum Gasteiger partial charge on any atom is 0.334 e. The zero-order valence-electron chi connectivity index (χ0n) is 20.6. The van der Waals surface area contributed by atoms with Crippen LogP contribution in [0.25, 0.3) is 0 Å². The summed E-state index contributed by atoms with van der Waals surface area (Å²) in [4.78, 5) is 11.0. The van der Waals surface area contributed by atoms with Crippen LogP contribution in [0, 0.1) is 0 Å². The van der Waals surface area contributed by atoms with Crippen molar-refractivity contribution in [1.82, 2.24) is 0 Å². The van der Waals surface area contributed by atoms with Gasteiger partial charge in [-0.05, 0) is 58.8 Å². The van der Waals surface area contributed by atoms with Crippen LogP contribution in [-0.2, 0) is 36.7 Å². The van der Waals surface area contributed by atoms with Crippen LogP contribution >= 0.6 is 0 Å². The highest BCUT2D eigenvalue weighted by molar-refractivity contribution is 6.66. The number of hydrogen-bond acceptors (Lipinski definition) is 8. The Hall–Kier alpha value is -0.596. The molecular formula is C21H44O8Si2. The molecule has 1 rings (SSSR count). The molecule has 0 aromatic carbocycles. The van der Waals surface area contributed by atoms with Gasteiger partial charge in [-0.15, -0.1) is 0 Å². The highest BCUT2D eigenvalue weighted by Gasteiger charge is 2.30. The van der Waals surface area contributed by atoms with Crippen molar-refractivity contribution in [3.63, 3.8) is 0 Å². The van der Waals surface area contributed by atoms with Crippen LogP contribution in [0.5, 0.6) is 0 Å². The SMILES string of the molecule is C=C(C)C(=O)OCCC[Si](C)(OC)OC.CCO[Si](C)(CCCOCC1CO1)OCC. The van der Waals surface area contributed by atoms with Gasteiger partial charge in [0, 0.05) is 39.6 Å². The highest BCUT2D eigenvalue weighted by atomic mass is 28.4. The van der Waals surface area contributed by atoms with E-state index in [4.69, 9.17) is 31.9 Å². The van der Waals surface area contributed by atoms with Crippen molar-refractivity contribution >= 4 is 23.1 Å². The molecule has 1 fully saturated rings. The Morgan fingerprint density at radius 3 is 1.97 bits per heavy atom. The van der Waals surface area contributed by atoms with Gasteiger partial charge in [0.05, 0.1) is 19.8 Å². The monoisotopic (exact) mass is 480 g/mol. The van der Waals surface area contributed by atoms with Crippen molar-refractivity contribution in [3.05, 3.63) is 12.2 Å². The second-order valence-corrected chi connectivity index (χ2v) is 14.6. The molecule has 0 amide bonds. The molecule has 0 spiro atoms. The molecule has 0 aliphatic carbocycles. The largest absolute Gasteiger partial charge is 0.462 e. The maximum atomic E-state index is 11.0. The molecule has 1 aliphatic rings. The molecule has 1 atom stereocenters. The maximum absolute atomic E-state index is 11.0. The molecule has 1 unspecified atom stereocenters. The van der Waals surface area contributed by atoms with Gasteiger partial charge in [0.25, 0.3) is 0 Å². The van der Waals surface area contributed by atoms with Gasteiger partial charge >= 0.3 is 23.1 Å². The molecule has 0 aromatic rings. The summed E-state index contributed by atoms with van der Waals surface area (Å²) in [6, 6.07) is 1.81. The molecule has 0 aromatic heterocycles. The minimum Gasteiger partial charge on any atom is -0.462 e. The first kappa shape index (κ1) is 30.4. The number of rotatable bonds is 17. The number of carbonyl (C=O) groups excluding carboxylic acids is 1. The topological polar surface area (TPSA) is 85.0 Å². The third kappa shape index (κ3) is 15.8. The summed E-state index contributed by atoms with van der Waals surface area (Å²) in [5.41, 5.74) is 0.425. The Morgan fingerprint density at radius 2 is 1.52 bits per heavy atom. The molecule has 184 valence electrons. The fourth-order valence-corrected chi connectivity index (χ4v) is 6.38. The molecule has 31 heavy (non-hydrogen) atoms. The van der Waals surface area contributed by atoms with E-state index in [-0.39, 0.29) is 5.97 Å². The van der Waals surface area contributed by atoms with Crippen molar-refractivity contribution in [1.29, 1.82) is 0 Å². The van der Waals surface area contributed by atoms with Gasteiger partial charge in [-0.2, -0.15) is 0 Å². The van der Waals surface area contributed by atoms with Gasteiger partial charge in [-0.3, -0.25) is 0 Å². The first-order chi connectivity index (χ1) is 14.6. The lowest BCUT2D eigenvalue weighted by atomic mass is 10.4. The first-order valence-corrected chi connectivity index (χ1v) is 16.1. The van der Waals surface area contributed by atoms with E-state index in [1.807, 2.05) is 20.4 Å². The molecule has 8 nitrogen and oxygen atoms in total. The van der Waals surface area contributed by atoms with Gasteiger partial charge < -0.3 is 31.9 Å². The second kappa shape index (κ2) is 17.0. The van der Waals surface area contributed by atoms with Crippen molar-refractivity contribution in [3.8, 4) is 0 Å². The molecule has 1 aliphatic heterocycles. The minimum absolute atomic E-state index is 0.340. The average Bonchev–Trinajstić information content (AvgIpc) is 3.56. The lowest BCUT2D eigenvalue weighted by Crippen LogP contribution is -2.38. The van der Waals surface area contributed by atoms with E-state index in [1.54, 1.807) is 21.1 Å². The number of esters is 1. The third-order valence-electron chi connectivity index (χ3n) is 4.75. The van der Waals surface area contributed by atoms with E-state index in [2.05, 4.69) is 13.1 Å². The summed E-state index contributed by atoms with van der Waals surface area (Å²) in [6.07, 6.45) is 2.13. The molecule has 1 saturated heterocycles. The lowest BCUT2D eigenvalue weighted by Gasteiger charge is -2.25. The van der Waals surface area contributed by atoms with Gasteiger partial charge in [0.2, 0.25) is 0 Å². The van der Waals surface area contributed by atoms with E-state index in [0.29, 0.717) is 18.3 Å². The van der Waals surface area contributed by atoms with Crippen LogP contribution in [0.2, 0.25) is 25.2 Å². The molecule has 0 N–H and O–H groups in total. The lowest BCUT2D eigenvalue weighted by molar-refractivity contribution is -0.138. The first-order valence-electron chi connectivity index (χ1n) is 11.1. The van der Waals surface area contributed by atoms with E-state index < -0.39 is 17.1 Å². The highest BCUT2D eigenvalue weighted by Crippen LogP contribution is 2.16. The van der Waals surface area contributed by atoms with Crippen LogP contribution in [0.4, 0.5) is 0 Å². The summed E-state index contributed by atoms with van der Waals surface area (Å²) in [7, 11) is -0.636. The van der Waals surface area contributed by atoms with Crippen molar-refractivity contribution < 1.29 is 36.7 Å². The smallest absolute Gasteiger partial charge is 0.334 e. The molecule has 1 heterocycles. The minimum atomic E-state index is -2.01. The summed E-state index contributed by atoms with van der Waals surface area (Å²) in [6.45, 7) is 17.5. The molecule has 10 heteroatoms. The molecular weight excluding hydrogens is 436 g/mol. The van der Waals surface area contributed by atoms with E-state index in [9.17, 15) is 4.79 Å². The predicted octanol–water partition coefficient (Wildman–Crippen LogP) is 3.80. The third-order valence-corrected chi connectivity index (χ3v) is 10.8. The average molecular weight is 481 g/mol.